The summed E-state index contributed by atoms with van der Waals surface area (Å²) in [6, 6.07) is 9.81. The number of hydrogen-bond acceptors (Lipinski definition) is 4. The standard InChI is InChI=1S/C17H15ClN2O4/c1-23-15-5-3-12(18)9-13(15)17(22)20-19-16(21)11-2-4-14-10(8-11)6-7-24-14/h2-5,8-9H,6-7H2,1H3,(H,19,21)(H,20,22). The highest BCUT2D eigenvalue weighted by molar-refractivity contribution is 6.31. The Bertz CT molecular complexity index is 807. The summed E-state index contributed by atoms with van der Waals surface area (Å²) in [5.41, 5.74) is 6.39. The number of hydrazine groups is 1. The molecule has 0 saturated carbocycles. The zero-order valence-corrected chi connectivity index (χ0v) is 13.6. The number of benzene rings is 2. The Morgan fingerprint density at radius 2 is 1.92 bits per heavy atom. The quantitative estimate of drug-likeness (QED) is 0.836. The molecule has 124 valence electrons. The van der Waals surface area contributed by atoms with Gasteiger partial charge in [0, 0.05) is 17.0 Å². The van der Waals surface area contributed by atoms with Crippen molar-refractivity contribution in [2.24, 2.45) is 0 Å². The van der Waals surface area contributed by atoms with Gasteiger partial charge in [-0.3, -0.25) is 20.4 Å². The largest absolute Gasteiger partial charge is 0.496 e. The summed E-state index contributed by atoms with van der Waals surface area (Å²) in [6.45, 7) is 0.617. The summed E-state index contributed by atoms with van der Waals surface area (Å²) < 4.78 is 10.5. The Labute approximate surface area is 143 Å². The van der Waals surface area contributed by atoms with Gasteiger partial charge in [0.1, 0.15) is 11.5 Å². The fourth-order valence-corrected chi connectivity index (χ4v) is 2.61. The molecule has 2 N–H and O–H groups in total. The van der Waals surface area contributed by atoms with Gasteiger partial charge in [0.25, 0.3) is 11.8 Å². The van der Waals surface area contributed by atoms with Gasteiger partial charge >= 0.3 is 0 Å². The first kappa shape index (κ1) is 16.1. The fraction of sp³-hybridized carbons (Fsp3) is 0.176. The van der Waals surface area contributed by atoms with Gasteiger partial charge in [-0.05, 0) is 42.0 Å². The lowest BCUT2D eigenvalue weighted by Crippen LogP contribution is -2.41. The maximum Gasteiger partial charge on any atom is 0.273 e. The normalized spacial score (nSPS) is 12.1. The molecular weight excluding hydrogens is 332 g/mol. The summed E-state index contributed by atoms with van der Waals surface area (Å²) in [5.74, 6) is 0.214. The van der Waals surface area contributed by atoms with Crippen LogP contribution in [-0.4, -0.2) is 25.5 Å². The third-order valence-electron chi connectivity index (χ3n) is 3.65. The number of nitrogens with one attached hydrogen (secondary N) is 2. The summed E-state index contributed by atoms with van der Waals surface area (Å²) in [6.07, 6.45) is 0.766. The van der Waals surface area contributed by atoms with Gasteiger partial charge in [-0.1, -0.05) is 11.6 Å². The van der Waals surface area contributed by atoms with Crippen molar-refractivity contribution in [1.82, 2.24) is 10.9 Å². The van der Waals surface area contributed by atoms with Crippen LogP contribution in [-0.2, 0) is 6.42 Å². The molecule has 0 aromatic heterocycles. The van der Waals surface area contributed by atoms with Gasteiger partial charge in [-0.2, -0.15) is 0 Å². The number of amides is 2. The van der Waals surface area contributed by atoms with Gasteiger partial charge in [0.15, 0.2) is 0 Å². The number of hydrogen-bond donors (Lipinski definition) is 2. The van der Waals surface area contributed by atoms with Crippen LogP contribution >= 0.6 is 11.6 Å². The zero-order chi connectivity index (χ0) is 17.1. The topological polar surface area (TPSA) is 76.7 Å². The van der Waals surface area contributed by atoms with Crippen molar-refractivity contribution in [1.29, 1.82) is 0 Å². The molecule has 2 amide bonds. The van der Waals surface area contributed by atoms with E-state index in [2.05, 4.69) is 10.9 Å². The Balaban J connectivity index is 1.68. The van der Waals surface area contributed by atoms with Crippen molar-refractivity contribution in [2.75, 3.05) is 13.7 Å². The highest BCUT2D eigenvalue weighted by Gasteiger charge is 2.17. The lowest BCUT2D eigenvalue weighted by atomic mass is 10.1. The van der Waals surface area contributed by atoms with Crippen molar-refractivity contribution >= 4 is 23.4 Å². The van der Waals surface area contributed by atoms with E-state index < -0.39 is 11.8 Å². The van der Waals surface area contributed by atoms with E-state index in [0.29, 0.717) is 22.9 Å². The minimum Gasteiger partial charge on any atom is -0.496 e. The second-order valence-corrected chi connectivity index (χ2v) is 5.61. The molecule has 0 fully saturated rings. The number of carbonyl (C=O) groups is 2. The molecule has 0 aliphatic carbocycles. The summed E-state index contributed by atoms with van der Waals surface area (Å²) in [5, 5.41) is 0.394. The molecule has 0 radical (unpaired) electrons. The predicted molar refractivity (Wildman–Crippen MR) is 88.6 cm³/mol. The lowest BCUT2D eigenvalue weighted by Gasteiger charge is -2.11. The van der Waals surface area contributed by atoms with E-state index in [1.165, 1.54) is 13.2 Å². The van der Waals surface area contributed by atoms with Crippen molar-refractivity contribution < 1.29 is 19.1 Å². The smallest absolute Gasteiger partial charge is 0.273 e. The third-order valence-corrected chi connectivity index (χ3v) is 3.88. The average molecular weight is 347 g/mol. The molecule has 24 heavy (non-hydrogen) atoms. The maximum atomic E-state index is 12.2. The van der Waals surface area contributed by atoms with Crippen LogP contribution in [0, 0.1) is 0 Å². The van der Waals surface area contributed by atoms with Crippen LogP contribution in [0.1, 0.15) is 26.3 Å². The molecule has 3 rings (SSSR count). The van der Waals surface area contributed by atoms with E-state index in [9.17, 15) is 9.59 Å². The van der Waals surface area contributed by atoms with Gasteiger partial charge in [0.05, 0.1) is 19.3 Å². The van der Waals surface area contributed by atoms with Crippen LogP contribution in [0.4, 0.5) is 0 Å². The predicted octanol–water partition coefficient (Wildman–Crippen LogP) is 2.36. The van der Waals surface area contributed by atoms with Crippen molar-refractivity contribution in [3.05, 3.63) is 58.1 Å². The molecule has 0 bridgehead atoms. The molecule has 2 aromatic carbocycles. The molecule has 1 heterocycles. The SMILES string of the molecule is COc1ccc(Cl)cc1C(=O)NNC(=O)c1ccc2c(c1)CCO2. The second kappa shape index (κ2) is 6.80. The van der Waals surface area contributed by atoms with Crippen LogP contribution in [0.15, 0.2) is 36.4 Å². The van der Waals surface area contributed by atoms with Crippen LogP contribution in [0.25, 0.3) is 0 Å². The number of fused-ring (bicyclic) bond motifs is 1. The van der Waals surface area contributed by atoms with Gasteiger partial charge in [-0.25, -0.2) is 0 Å². The molecule has 0 unspecified atom stereocenters. The number of methoxy groups -OCH3 is 1. The lowest BCUT2D eigenvalue weighted by molar-refractivity contribution is 0.0845. The molecule has 6 nitrogen and oxygen atoms in total. The molecule has 0 atom stereocenters. The van der Waals surface area contributed by atoms with Crippen molar-refractivity contribution in [3.8, 4) is 11.5 Å². The monoisotopic (exact) mass is 346 g/mol. The second-order valence-electron chi connectivity index (χ2n) is 5.17. The van der Waals surface area contributed by atoms with E-state index >= 15 is 0 Å². The minimum atomic E-state index is -0.521. The Morgan fingerprint density at radius 3 is 2.71 bits per heavy atom. The number of halogens is 1. The van der Waals surface area contributed by atoms with Gasteiger partial charge < -0.3 is 9.47 Å². The molecule has 1 aliphatic heterocycles. The van der Waals surface area contributed by atoms with Crippen LogP contribution in [0.2, 0.25) is 5.02 Å². The zero-order valence-electron chi connectivity index (χ0n) is 12.9. The van der Waals surface area contributed by atoms with E-state index in [0.717, 1.165) is 17.7 Å². The van der Waals surface area contributed by atoms with Gasteiger partial charge in [-0.15, -0.1) is 0 Å². The molecule has 2 aromatic rings. The Kier molecular flexibility index (Phi) is 4.57. The summed E-state index contributed by atoms with van der Waals surface area (Å²) >= 11 is 5.90. The number of rotatable bonds is 3. The summed E-state index contributed by atoms with van der Waals surface area (Å²) in [4.78, 5) is 24.4. The third kappa shape index (κ3) is 3.28. The Morgan fingerprint density at radius 1 is 1.12 bits per heavy atom. The fourth-order valence-electron chi connectivity index (χ4n) is 2.44. The minimum absolute atomic E-state index is 0.229. The first-order chi connectivity index (χ1) is 11.6. The maximum absolute atomic E-state index is 12.2. The van der Waals surface area contributed by atoms with Crippen LogP contribution < -0.4 is 20.3 Å². The molecule has 7 heteroatoms. The highest BCUT2D eigenvalue weighted by Crippen LogP contribution is 2.26. The average Bonchev–Trinajstić information content (AvgIpc) is 3.06. The van der Waals surface area contributed by atoms with Gasteiger partial charge in [0.2, 0.25) is 0 Å². The van der Waals surface area contributed by atoms with E-state index in [4.69, 9.17) is 21.1 Å². The number of ether oxygens (including phenoxy) is 2. The van der Waals surface area contributed by atoms with E-state index in [1.54, 1.807) is 30.3 Å². The van der Waals surface area contributed by atoms with E-state index in [-0.39, 0.29) is 5.56 Å². The number of carbonyl (C=O) groups excluding carboxylic acids is 2. The summed E-state index contributed by atoms with van der Waals surface area (Å²) in [7, 11) is 1.45. The highest BCUT2D eigenvalue weighted by atomic mass is 35.5. The first-order valence-corrected chi connectivity index (χ1v) is 7.66. The molecular formula is C17H15ClN2O4. The van der Waals surface area contributed by atoms with Crippen LogP contribution in [0.3, 0.4) is 0 Å². The van der Waals surface area contributed by atoms with Crippen molar-refractivity contribution in [3.63, 3.8) is 0 Å². The van der Waals surface area contributed by atoms with Crippen molar-refractivity contribution in [2.45, 2.75) is 6.42 Å². The molecule has 0 saturated heterocycles. The molecule has 1 aliphatic rings. The first-order valence-electron chi connectivity index (χ1n) is 7.28. The Hall–Kier alpha value is -2.73. The van der Waals surface area contributed by atoms with Crippen LogP contribution in [0.5, 0.6) is 11.5 Å². The molecule has 0 spiro atoms. The van der Waals surface area contributed by atoms with E-state index in [1.807, 2.05) is 0 Å².